The van der Waals surface area contributed by atoms with Crippen molar-refractivity contribution >= 4 is 27.7 Å². The number of rotatable bonds is 7. The van der Waals surface area contributed by atoms with Crippen molar-refractivity contribution in [3.63, 3.8) is 0 Å². The Morgan fingerprint density at radius 3 is 2.73 bits per heavy atom. The first-order valence-corrected chi connectivity index (χ1v) is 11.7. The molecule has 10 nitrogen and oxygen atoms in total. The van der Waals surface area contributed by atoms with Crippen LogP contribution in [-0.4, -0.2) is 70.5 Å². The number of nitrogens with zero attached hydrogens (tertiary/aromatic N) is 5. The molecular weight excluding hydrogens is 492 g/mol. The minimum Gasteiger partial charge on any atom is -0.485 e. The quantitative estimate of drug-likeness (QED) is 0.590. The highest BCUT2D eigenvalue weighted by Crippen LogP contribution is 2.26. The maximum atomic E-state index is 12.9. The van der Waals surface area contributed by atoms with Crippen LogP contribution in [0, 0.1) is 11.3 Å². The van der Waals surface area contributed by atoms with Gasteiger partial charge in [0.05, 0.1) is 18.4 Å². The summed E-state index contributed by atoms with van der Waals surface area (Å²) in [5.74, 6) is 1.21. The third-order valence-electron chi connectivity index (χ3n) is 5.92. The molecule has 1 N–H and O–H groups in total. The predicted molar refractivity (Wildman–Crippen MR) is 123 cm³/mol. The number of likely N-dealkylation sites (tertiary alicyclic amines) is 1. The maximum absolute atomic E-state index is 12.9. The molecule has 0 saturated carbocycles. The van der Waals surface area contributed by atoms with Crippen LogP contribution in [0.1, 0.15) is 31.7 Å². The molecule has 0 aliphatic carbocycles. The molecule has 1 unspecified atom stereocenters. The second kappa shape index (κ2) is 10.3. The first-order valence-electron chi connectivity index (χ1n) is 10.9. The molecule has 0 aromatic carbocycles. The monoisotopic (exact) mass is 516 g/mol. The fraction of sp³-hybridized carbons (Fsp3) is 0.500. The molecule has 11 heteroatoms. The van der Waals surface area contributed by atoms with E-state index in [0.717, 1.165) is 31.7 Å². The molecule has 4 heterocycles. The molecule has 2 aliphatic rings. The van der Waals surface area contributed by atoms with Crippen LogP contribution in [0.5, 0.6) is 5.75 Å². The van der Waals surface area contributed by atoms with E-state index in [1.54, 1.807) is 12.3 Å². The van der Waals surface area contributed by atoms with Crippen LogP contribution < -0.4 is 15.2 Å². The Morgan fingerprint density at radius 2 is 2.03 bits per heavy atom. The van der Waals surface area contributed by atoms with Crippen LogP contribution in [-0.2, 0) is 9.53 Å². The van der Waals surface area contributed by atoms with Crippen molar-refractivity contribution in [2.45, 2.75) is 44.4 Å². The fourth-order valence-electron chi connectivity index (χ4n) is 4.19. The number of anilines is 1. The molecule has 2 saturated heterocycles. The van der Waals surface area contributed by atoms with Crippen molar-refractivity contribution in [3.8, 4) is 11.8 Å². The van der Waals surface area contributed by atoms with Gasteiger partial charge in [0.1, 0.15) is 28.6 Å². The van der Waals surface area contributed by atoms with Gasteiger partial charge in [0.25, 0.3) is 11.5 Å². The van der Waals surface area contributed by atoms with Gasteiger partial charge in [-0.3, -0.25) is 9.59 Å². The second-order valence-corrected chi connectivity index (χ2v) is 8.98. The van der Waals surface area contributed by atoms with Crippen LogP contribution in [0.25, 0.3) is 0 Å². The van der Waals surface area contributed by atoms with Gasteiger partial charge < -0.3 is 19.3 Å². The number of aromatic nitrogens is 3. The lowest BCUT2D eigenvalue weighted by atomic mass is 10.0. The molecule has 0 spiro atoms. The van der Waals surface area contributed by atoms with Gasteiger partial charge in [0, 0.05) is 38.3 Å². The van der Waals surface area contributed by atoms with Crippen molar-refractivity contribution in [2.75, 3.05) is 31.1 Å². The summed E-state index contributed by atoms with van der Waals surface area (Å²) < 4.78 is 11.9. The number of hydrogen-bond donors (Lipinski definition) is 1. The van der Waals surface area contributed by atoms with Crippen LogP contribution in [0.2, 0.25) is 0 Å². The Labute approximate surface area is 199 Å². The topological polar surface area (TPSA) is 124 Å². The molecule has 2 aliphatic heterocycles. The summed E-state index contributed by atoms with van der Waals surface area (Å²) in [4.78, 5) is 33.0. The third-order valence-corrected chi connectivity index (χ3v) is 6.67. The number of pyridine rings is 1. The number of carbonyl (C=O) groups is 1. The fourth-order valence-corrected chi connectivity index (χ4v) is 4.47. The lowest BCUT2D eigenvalue weighted by Gasteiger charge is -2.37. The first-order chi connectivity index (χ1) is 16.0. The van der Waals surface area contributed by atoms with Crippen molar-refractivity contribution in [3.05, 3.63) is 44.9 Å². The van der Waals surface area contributed by atoms with Crippen molar-refractivity contribution in [1.82, 2.24) is 20.1 Å². The Hall–Kier alpha value is -2.97. The summed E-state index contributed by atoms with van der Waals surface area (Å²) in [5, 5.41) is 15.0. The lowest BCUT2D eigenvalue weighted by Crippen LogP contribution is -2.47. The van der Waals surface area contributed by atoms with Gasteiger partial charge in [0.2, 0.25) is 0 Å². The van der Waals surface area contributed by atoms with Crippen LogP contribution >= 0.6 is 15.9 Å². The summed E-state index contributed by atoms with van der Waals surface area (Å²) >= 11 is 3.18. The van der Waals surface area contributed by atoms with Gasteiger partial charge >= 0.3 is 0 Å². The highest BCUT2D eigenvalue weighted by molar-refractivity contribution is 9.10. The molecule has 2 fully saturated rings. The number of halogens is 1. The molecule has 2 aromatic heterocycles. The van der Waals surface area contributed by atoms with E-state index in [2.05, 4.69) is 42.1 Å². The highest BCUT2D eigenvalue weighted by atomic mass is 79.9. The van der Waals surface area contributed by atoms with Crippen LogP contribution in [0.3, 0.4) is 0 Å². The van der Waals surface area contributed by atoms with Crippen LogP contribution in [0.4, 0.5) is 5.82 Å². The van der Waals surface area contributed by atoms with Crippen molar-refractivity contribution < 1.29 is 14.3 Å². The van der Waals surface area contributed by atoms with Gasteiger partial charge in [-0.1, -0.05) is 0 Å². The largest absolute Gasteiger partial charge is 0.485 e. The smallest absolute Gasteiger partial charge is 0.282 e. The van der Waals surface area contributed by atoms with Gasteiger partial charge in [-0.05, 0) is 47.8 Å². The molecule has 4 rings (SSSR count). The average molecular weight is 517 g/mol. The molecule has 0 radical (unpaired) electrons. The zero-order valence-electron chi connectivity index (χ0n) is 18.2. The predicted octanol–water partition coefficient (Wildman–Crippen LogP) is 1.85. The summed E-state index contributed by atoms with van der Waals surface area (Å²) in [6.45, 7) is 4.35. The minimum absolute atomic E-state index is 0.0242. The number of nitriles is 1. The standard InChI is InChI=1S/C22H25BrN6O4/c1-14(33-18-12-26-27-21(30)20(18)23)13-32-17-6-9-29(22(17)31)16-4-7-28(8-5-16)19-3-2-15(10-24)11-25-19/h2-3,11-12,14,16-17H,4-9,13H2,1H3,(H,27,30)/t14?,17-/m0/s1. The summed E-state index contributed by atoms with van der Waals surface area (Å²) in [6, 6.07) is 5.91. The normalized spacial score (nSPS) is 20.0. The lowest BCUT2D eigenvalue weighted by molar-refractivity contribution is -0.140. The number of hydrogen-bond acceptors (Lipinski definition) is 8. The number of H-pyrrole nitrogens is 1. The van der Waals surface area contributed by atoms with E-state index in [0.29, 0.717) is 24.3 Å². The number of piperidine rings is 1. The number of amides is 1. The molecule has 2 aromatic rings. The van der Waals surface area contributed by atoms with Crippen molar-refractivity contribution in [2.24, 2.45) is 0 Å². The summed E-state index contributed by atoms with van der Waals surface area (Å²) in [6.07, 6.45) is 4.56. The van der Waals surface area contributed by atoms with E-state index in [4.69, 9.17) is 14.7 Å². The zero-order valence-corrected chi connectivity index (χ0v) is 19.8. The first kappa shape index (κ1) is 23.2. The van der Waals surface area contributed by atoms with E-state index in [9.17, 15) is 9.59 Å². The van der Waals surface area contributed by atoms with Crippen LogP contribution in [0.15, 0.2) is 33.8 Å². The van der Waals surface area contributed by atoms with E-state index < -0.39 is 6.10 Å². The Balaban J connectivity index is 1.25. The number of nitrogens with one attached hydrogen (secondary N) is 1. The second-order valence-electron chi connectivity index (χ2n) is 8.18. The zero-order chi connectivity index (χ0) is 23.4. The van der Waals surface area contributed by atoms with E-state index in [1.807, 2.05) is 17.9 Å². The average Bonchev–Trinajstić information content (AvgIpc) is 3.21. The van der Waals surface area contributed by atoms with E-state index >= 15 is 0 Å². The molecule has 1 amide bonds. The summed E-state index contributed by atoms with van der Waals surface area (Å²) in [5.41, 5.74) is 0.173. The number of ether oxygens (including phenoxy) is 2. The number of carbonyl (C=O) groups excluding carboxylic acids is 1. The van der Waals surface area contributed by atoms with E-state index in [-0.39, 0.29) is 34.7 Å². The van der Waals surface area contributed by atoms with Gasteiger partial charge in [-0.25, -0.2) is 10.1 Å². The van der Waals surface area contributed by atoms with Gasteiger partial charge in [0.15, 0.2) is 5.75 Å². The third kappa shape index (κ3) is 5.34. The molecule has 0 bridgehead atoms. The Bertz CT molecular complexity index is 1080. The van der Waals surface area contributed by atoms with Crippen molar-refractivity contribution in [1.29, 1.82) is 5.26 Å². The maximum Gasteiger partial charge on any atom is 0.282 e. The molecule has 2 atom stereocenters. The molecular formula is C22H25BrN6O4. The molecule has 174 valence electrons. The van der Waals surface area contributed by atoms with Gasteiger partial charge in [-0.15, -0.1) is 0 Å². The Kier molecular flexibility index (Phi) is 7.25. The number of aromatic amines is 1. The highest BCUT2D eigenvalue weighted by Gasteiger charge is 2.38. The van der Waals surface area contributed by atoms with E-state index in [1.165, 1.54) is 6.20 Å². The van der Waals surface area contributed by atoms with Gasteiger partial charge in [-0.2, -0.15) is 10.4 Å². The Morgan fingerprint density at radius 1 is 1.24 bits per heavy atom. The minimum atomic E-state index is -0.477. The molecule has 33 heavy (non-hydrogen) atoms. The SMILES string of the molecule is CC(CO[C@H]1CCN(C2CCN(c3ccc(C#N)cn3)CC2)C1=O)Oc1cn[nH]c(=O)c1Br. The summed E-state index contributed by atoms with van der Waals surface area (Å²) in [7, 11) is 0.